The average Bonchev–Trinajstić information content (AvgIpc) is 3.15. The molecule has 2 heterocycles. The summed E-state index contributed by atoms with van der Waals surface area (Å²) in [7, 11) is 0. The van der Waals surface area contributed by atoms with E-state index in [2.05, 4.69) is 20.4 Å². The lowest BCUT2D eigenvalue weighted by Gasteiger charge is -2.30. The number of rotatable bonds is 7. The molecule has 1 aliphatic heterocycles. The topological polar surface area (TPSA) is 95.5 Å². The molecule has 1 fully saturated rings. The lowest BCUT2D eigenvalue weighted by molar-refractivity contribution is -0.274. The number of alkyl halides is 3. The minimum atomic E-state index is -4.71. The first kappa shape index (κ1) is 27.5. The van der Waals surface area contributed by atoms with Gasteiger partial charge in [0.05, 0.1) is 5.54 Å². The van der Waals surface area contributed by atoms with E-state index < -0.39 is 12.3 Å². The van der Waals surface area contributed by atoms with Gasteiger partial charge < -0.3 is 15.4 Å². The quantitative estimate of drug-likeness (QED) is 0.266. The number of nitrogens with zero attached hydrogens (tertiary/aromatic N) is 1. The lowest BCUT2D eigenvalue weighted by Crippen LogP contribution is -2.43. The second-order valence-corrected chi connectivity index (χ2v) is 6.99. The Bertz CT molecular complexity index is 888. The molecule has 0 bridgehead atoms. The Hall–Kier alpha value is -2.53. The highest BCUT2D eigenvalue weighted by molar-refractivity contribution is 5.90. The molecular weight excluding hydrogens is 472 g/mol. The van der Waals surface area contributed by atoms with Gasteiger partial charge in [-0.3, -0.25) is 10.0 Å². The van der Waals surface area contributed by atoms with Gasteiger partial charge in [-0.15, -0.1) is 38.0 Å². The van der Waals surface area contributed by atoms with Gasteiger partial charge >= 0.3 is 6.36 Å². The molecule has 12 heteroatoms. The lowest BCUT2D eigenvalue weighted by atomic mass is 9.89. The largest absolute Gasteiger partial charge is 0.573 e. The second-order valence-electron chi connectivity index (χ2n) is 6.99. The number of hydrogen-bond donors (Lipinski definition) is 4. The fourth-order valence-electron chi connectivity index (χ4n) is 3.30. The smallest absolute Gasteiger partial charge is 0.406 e. The van der Waals surface area contributed by atoms with Crippen molar-refractivity contribution < 1.29 is 27.9 Å². The number of carbonyl (C=O) groups excluding carboxylic acids is 1. The molecule has 0 spiro atoms. The average molecular weight is 495 g/mol. The van der Waals surface area contributed by atoms with Crippen LogP contribution in [0.2, 0.25) is 0 Å². The molecule has 0 saturated carbocycles. The van der Waals surface area contributed by atoms with E-state index in [0.717, 1.165) is 18.5 Å². The SMILES string of the molecule is Cl.Cl.O=C(/C=C/c1ccc(N[C@]2(Cc3ccc(OC(F)(F)F)cc3)CCNC2)nc1)NO. The van der Waals surface area contributed by atoms with Crippen LogP contribution < -0.4 is 20.9 Å². The predicted molar refractivity (Wildman–Crippen MR) is 118 cm³/mol. The van der Waals surface area contributed by atoms with E-state index in [0.29, 0.717) is 24.3 Å². The molecule has 1 aromatic carbocycles. The standard InChI is InChI=1S/C20H21F3N4O3.2ClH/c21-20(22,23)30-16-5-1-14(2-6-16)11-19(9-10-24-13-19)26-17-7-3-15(12-25-17)4-8-18(28)27-29;;/h1-8,12,24,29H,9-11,13H2,(H,25,26)(H,27,28);2*1H/b8-4+;;/t19-;;/m0../s1. The molecule has 176 valence electrons. The van der Waals surface area contributed by atoms with Gasteiger partial charge in [-0.2, -0.15) is 0 Å². The maximum Gasteiger partial charge on any atom is 0.573 e. The summed E-state index contributed by atoms with van der Waals surface area (Å²) < 4.78 is 40.9. The molecule has 3 rings (SSSR count). The Morgan fingerprint density at radius 3 is 2.47 bits per heavy atom. The van der Waals surface area contributed by atoms with E-state index in [9.17, 15) is 18.0 Å². The fourth-order valence-corrected chi connectivity index (χ4v) is 3.30. The van der Waals surface area contributed by atoms with Crippen LogP contribution in [0.25, 0.3) is 6.08 Å². The molecule has 1 aromatic heterocycles. The molecule has 4 N–H and O–H groups in total. The number of pyridine rings is 1. The van der Waals surface area contributed by atoms with Crippen LogP contribution in [0.3, 0.4) is 0 Å². The Balaban J connectivity index is 0.00000256. The first-order chi connectivity index (χ1) is 14.3. The van der Waals surface area contributed by atoms with Crippen LogP contribution in [0.5, 0.6) is 5.75 Å². The number of hydrogen-bond acceptors (Lipinski definition) is 6. The number of ether oxygens (including phenoxy) is 1. The molecule has 1 saturated heterocycles. The highest BCUT2D eigenvalue weighted by atomic mass is 35.5. The van der Waals surface area contributed by atoms with E-state index in [-0.39, 0.29) is 36.1 Å². The van der Waals surface area contributed by atoms with Gasteiger partial charge in [-0.05, 0) is 60.9 Å². The fraction of sp³-hybridized carbons (Fsp3) is 0.300. The maximum absolute atomic E-state index is 12.3. The second kappa shape index (κ2) is 11.9. The Labute approximate surface area is 195 Å². The first-order valence-electron chi connectivity index (χ1n) is 9.19. The van der Waals surface area contributed by atoms with Crippen LogP contribution in [-0.2, 0) is 11.2 Å². The maximum atomic E-state index is 12.3. The van der Waals surface area contributed by atoms with Crippen LogP contribution in [0, 0.1) is 0 Å². The number of hydroxylamine groups is 1. The summed E-state index contributed by atoms with van der Waals surface area (Å²) in [6.07, 6.45) is 0.968. The van der Waals surface area contributed by atoms with E-state index in [4.69, 9.17) is 5.21 Å². The van der Waals surface area contributed by atoms with Crippen molar-refractivity contribution in [3.8, 4) is 5.75 Å². The van der Waals surface area contributed by atoms with Gasteiger partial charge in [-0.25, -0.2) is 10.5 Å². The summed E-state index contributed by atoms with van der Waals surface area (Å²) >= 11 is 0. The van der Waals surface area contributed by atoms with E-state index in [1.165, 1.54) is 29.8 Å². The van der Waals surface area contributed by atoms with Crippen molar-refractivity contribution in [1.29, 1.82) is 0 Å². The van der Waals surface area contributed by atoms with Gasteiger partial charge in [0.15, 0.2) is 0 Å². The normalized spacial score (nSPS) is 17.9. The zero-order chi connectivity index (χ0) is 21.6. The van der Waals surface area contributed by atoms with Crippen LogP contribution in [0.1, 0.15) is 17.5 Å². The van der Waals surface area contributed by atoms with E-state index in [1.807, 2.05) is 0 Å². The summed E-state index contributed by atoms with van der Waals surface area (Å²) in [6, 6.07) is 9.40. The molecule has 0 radical (unpaired) electrons. The minimum Gasteiger partial charge on any atom is -0.406 e. The molecule has 0 unspecified atom stereocenters. The Kier molecular flexibility index (Phi) is 10.2. The van der Waals surface area contributed by atoms with Gasteiger partial charge in [0.25, 0.3) is 5.91 Å². The number of anilines is 1. The zero-order valence-electron chi connectivity index (χ0n) is 16.7. The summed E-state index contributed by atoms with van der Waals surface area (Å²) in [6.45, 7) is 1.48. The number of amides is 1. The zero-order valence-corrected chi connectivity index (χ0v) is 18.3. The number of aromatic nitrogens is 1. The van der Waals surface area contributed by atoms with Crippen LogP contribution in [0.15, 0.2) is 48.7 Å². The van der Waals surface area contributed by atoms with Crippen LogP contribution >= 0.6 is 24.8 Å². The number of nitrogens with one attached hydrogen (secondary N) is 3. The van der Waals surface area contributed by atoms with Crippen molar-refractivity contribution in [2.45, 2.75) is 24.7 Å². The van der Waals surface area contributed by atoms with Crippen molar-refractivity contribution in [3.63, 3.8) is 0 Å². The third kappa shape index (κ3) is 8.19. The van der Waals surface area contributed by atoms with E-state index in [1.54, 1.807) is 30.5 Å². The number of benzene rings is 1. The molecular formula is C20H23Cl2F3N4O3. The van der Waals surface area contributed by atoms with Gasteiger partial charge in [0, 0.05) is 18.8 Å². The highest BCUT2D eigenvalue weighted by Gasteiger charge is 2.34. The van der Waals surface area contributed by atoms with E-state index >= 15 is 0 Å². The van der Waals surface area contributed by atoms with Crippen molar-refractivity contribution >= 4 is 42.6 Å². The third-order valence-electron chi connectivity index (χ3n) is 4.66. The first-order valence-corrected chi connectivity index (χ1v) is 9.19. The molecule has 1 atom stereocenters. The molecule has 2 aromatic rings. The van der Waals surface area contributed by atoms with Crippen molar-refractivity contribution in [2.75, 3.05) is 18.4 Å². The molecule has 0 aliphatic carbocycles. The van der Waals surface area contributed by atoms with Crippen molar-refractivity contribution in [3.05, 3.63) is 59.8 Å². The Morgan fingerprint density at radius 2 is 1.94 bits per heavy atom. The monoisotopic (exact) mass is 494 g/mol. The summed E-state index contributed by atoms with van der Waals surface area (Å²) in [5.74, 6) is -0.252. The van der Waals surface area contributed by atoms with Gasteiger partial charge in [-0.1, -0.05) is 12.1 Å². The van der Waals surface area contributed by atoms with Crippen LogP contribution in [-0.4, -0.2) is 41.1 Å². The molecule has 32 heavy (non-hydrogen) atoms. The summed E-state index contributed by atoms with van der Waals surface area (Å²) in [4.78, 5) is 15.4. The number of halogens is 5. The van der Waals surface area contributed by atoms with Gasteiger partial charge in [0.1, 0.15) is 11.6 Å². The third-order valence-corrected chi connectivity index (χ3v) is 4.66. The van der Waals surface area contributed by atoms with Gasteiger partial charge in [0.2, 0.25) is 0 Å². The Morgan fingerprint density at radius 1 is 1.22 bits per heavy atom. The molecule has 1 amide bonds. The predicted octanol–water partition coefficient (Wildman–Crippen LogP) is 3.73. The highest BCUT2D eigenvalue weighted by Crippen LogP contribution is 2.28. The molecule has 1 aliphatic rings. The molecule has 7 nitrogen and oxygen atoms in total. The van der Waals surface area contributed by atoms with Crippen LogP contribution in [0.4, 0.5) is 19.0 Å². The summed E-state index contributed by atoms with van der Waals surface area (Å²) in [5.41, 5.74) is 2.72. The van der Waals surface area contributed by atoms with Crippen molar-refractivity contribution in [2.24, 2.45) is 0 Å². The summed E-state index contributed by atoms with van der Waals surface area (Å²) in [5, 5.41) is 15.2. The minimum absolute atomic E-state index is 0. The van der Waals surface area contributed by atoms with Crippen molar-refractivity contribution in [1.82, 2.24) is 15.8 Å². The number of carbonyl (C=O) groups is 1.